The third kappa shape index (κ3) is 3.90. The van der Waals surface area contributed by atoms with Crippen LogP contribution in [0.4, 0.5) is 5.69 Å². The highest BCUT2D eigenvalue weighted by Crippen LogP contribution is 2.37. The number of anilines is 1. The number of nitrogens with zero attached hydrogens (tertiary/aromatic N) is 3. The van der Waals surface area contributed by atoms with Crippen LogP contribution < -0.4 is 15.2 Å². The Labute approximate surface area is 173 Å². The average molecular weight is 404 g/mol. The first-order valence-corrected chi connectivity index (χ1v) is 9.77. The van der Waals surface area contributed by atoms with Crippen LogP contribution in [0.5, 0.6) is 11.5 Å². The van der Waals surface area contributed by atoms with Crippen LogP contribution in [0.2, 0.25) is 0 Å². The number of hydrogen-bond donors (Lipinski definition) is 1. The smallest absolute Gasteiger partial charge is 0.186 e. The highest BCUT2D eigenvalue weighted by Gasteiger charge is 2.15. The van der Waals surface area contributed by atoms with Crippen molar-refractivity contribution in [2.45, 2.75) is 9.79 Å². The summed E-state index contributed by atoms with van der Waals surface area (Å²) >= 11 is 1.66. The van der Waals surface area contributed by atoms with Crippen LogP contribution in [0.15, 0.2) is 82.7 Å². The Morgan fingerprint density at radius 2 is 1.69 bits per heavy atom. The molecule has 1 heterocycles. The summed E-state index contributed by atoms with van der Waals surface area (Å²) in [6.45, 7) is 0. The molecule has 0 saturated heterocycles. The van der Waals surface area contributed by atoms with Crippen molar-refractivity contribution in [2.24, 2.45) is 0 Å². The predicted octanol–water partition coefficient (Wildman–Crippen LogP) is 4.68. The van der Waals surface area contributed by atoms with E-state index in [4.69, 9.17) is 15.2 Å². The van der Waals surface area contributed by atoms with Gasteiger partial charge in [0, 0.05) is 21.0 Å². The third-order valence-corrected chi connectivity index (χ3v) is 5.48. The Balaban J connectivity index is 1.70. The lowest BCUT2D eigenvalue weighted by molar-refractivity contribution is 0.353. The Bertz CT molecular complexity index is 1130. The second-order valence-electron chi connectivity index (χ2n) is 6.23. The molecule has 0 aliphatic rings. The van der Waals surface area contributed by atoms with Gasteiger partial charge in [0.1, 0.15) is 11.4 Å². The zero-order valence-corrected chi connectivity index (χ0v) is 16.9. The monoisotopic (exact) mass is 404 g/mol. The number of methoxy groups -OCH3 is 2. The van der Waals surface area contributed by atoms with Crippen molar-refractivity contribution in [3.05, 3.63) is 72.9 Å². The van der Waals surface area contributed by atoms with Gasteiger partial charge in [-0.1, -0.05) is 41.2 Å². The maximum absolute atomic E-state index is 5.79. The van der Waals surface area contributed by atoms with Crippen molar-refractivity contribution in [2.75, 3.05) is 20.0 Å². The minimum atomic E-state index is 0.607. The lowest BCUT2D eigenvalue weighted by Crippen LogP contribution is -2.00. The second-order valence-corrected chi connectivity index (χ2v) is 7.34. The van der Waals surface area contributed by atoms with E-state index in [9.17, 15) is 0 Å². The zero-order valence-electron chi connectivity index (χ0n) is 16.1. The molecule has 0 radical (unpaired) electrons. The highest BCUT2D eigenvalue weighted by molar-refractivity contribution is 7.99. The van der Waals surface area contributed by atoms with Crippen LogP contribution in [0, 0.1) is 0 Å². The number of para-hydroxylation sites is 1. The molecular formula is C22H20N4O2S. The topological polar surface area (TPSA) is 75.2 Å². The molecule has 4 aromatic rings. The van der Waals surface area contributed by atoms with E-state index in [0.29, 0.717) is 11.5 Å². The summed E-state index contributed by atoms with van der Waals surface area (Å²) in [4.78, 5) is 2.19. The first kappa shape index (κ1) is 18.9. The Morgan fingerprint density at radius 3 is 2.45 bits per heavy atom. The number of ether oxygens (including phenoxy) is 2. The molecule has 4 rings (SSSR count). The maximum Gasteiger partial charge on any atom is 0.186 e. The van der Waals surface area contributed by atoms with Gasteiger partial charge in [0.25, 0.3) is 0 Å². The first-order valence-electron chi connectivity index (χ1n) is 8.96. The van der Waals surface area contributed by atoms with E-state index < -0.39 is 0 Å². The number of rotatable bonds is 6. The van der Waals surface area contributed by atoms with Gasteiger partial charge in [-0.25, -0.2) is 4.68 Å². The molecular weight excluding hydrogens is 384 g/mol. The molecule has 6 nitrogen and oxygen atoms in total. The van der Waals surface area contributed by atoms with E-state index in [-0.39, 0.29) is 0 Å². The van der Waals surface area contributed by atoms with E-state index in [1.807, 2.05) is 66.9 Å². The van der Waals surface area contributed by atoms with Crippen LogP contribution >= 0.6 is 11.8 Å². The highest BCUT2D eigenvalue weighted by atomic mass is 32.2. The van der Waals surface area contributed by atoms with Gasteiger partial charge >= 0.3 is 0 Å². The Hall–Kier alpha value is -3.45. The van der Waals surface area contributed by atoms with E-state index in [1.54, 1.807) is 30.7 Å². The summed E-state index contributed by atoms with van der Waals surface area (Å²) in [7, 11) is 3.22. The van der Waals surface area contributed by atoms with Crippen molar-refractivity contribution in [3.8, 4) is 28.4 Å². The molecule has 3 aromatic carbocycles. The Morgan fingerprint density at radius 1 is 0.897 bits per heavy atom. The Kier molecular flexibility index (Phi) is 5.39. The van der Waals surface area contributed by atoms with E-state index >= 15 is 0 Å². The van der Waals surface area contributed by atoms with Gasteiger partial charge in [-0.15, -0.1) is 5.10 Å². The van der Waals surface area contributed by atoms with Crippen molar-refractivity contribution in [1.29, 1.82) is 0 Å². The van der Waals surface area contributed by atoms with Gasteiger partial charge in [0.05, 0.1) is 20.4 Å². The number of nitrogens with two attached hydrogens (primary N) is 1. The fourth-order valence-electron chi connectivity index (χ4n) is 2.99. The number of hydrogen-bond acceptors (Lipinski definition) is 6. The predicted molar refractivity (Wildman–Crippen MR) is 115 cm³/mol. The van der Waals surface area contributed by atoms with Gasteiger partial charge in [0.15, 0.2) is 11.5 Å². The normalized spacial score (nSPS) is 10.7. The number of nitrogen functional groups attached to an aromatic ring is 1. The summed E-state index contributed by atoms with van der Waals surface area (Å²) in [6.07, 6.45) is 1.89. The fourth-order valence-corrected chi connectivity index (χ4v) is 3.94. The minimum Gasteiger partial charge on any atom is -0.493 e. The second kappa shape index (κ2) is 8.28. The molecule has 0 spiro atoms. The van der Waals surface area contributed by atoms with Crippen LogP contribution in [-0.2, 0) is 0 Å². The summed E-state index contributed by atoms with van der Waals surface area (Å²) in [5.41, 5.74) is 9.07. The molecule has 0 aliphatic heterocycles. The molecule has 29 heavy (non-hydrogen) atoms. The molecule has 0 atom stereocenters. The molecule has 146 valence electrons. The summed E-state index contributed by atoms with van der Waals surface area (Å²) in [5.74, 6) is 1.25. The van der Waals surface area contributed by atoms with Crippen LogP contribution in [0.3, 0.4) is 0 Å². The van der Waals surface area contributed by atoms with E-state index in [1.165, 1.54) is 0 Å². The van der Waals surface area contributed by atoms with Crippen LogP contribution in [0.1, 0.15) is 0 Å². The largest absolute Gasteiger partial charge is 0.493 e. The zero-order chi connectivity index (χ0) is 20.2. The fraction of sp³-hybridized carbons (Fsp3) is 0.0909. The third-order valence-electron chi connectivity index (χ3n) is 4.39. The molecule has 0 bridgehead atoms. The van der Waals surface area contributed by atoms with Crippen LogP contribution in [0.25, 0.3) is 16.9 Å². The summed E-state index contributed by atoms with van der Waals surface area (Å²) in [6, 6.07) is 21.6. The quantitative estimate of drug-likeness (QED) is 0.470. The SMILES string of the molecule is COc1cccc(-n2cc(-c3ccccc3Sc3ccc(N)cc3)nn2)c1OC. The number of aromatic nitrogens is 3. The molecule has 0 amide bonds. The first-order chi connectivity index (χ1) is 14.2. The maximum atomic E-state index is 5.79. The standard InChI is InChI=1S/C22H20N4O2S/c1-27-20-8-5-7-19(22(20)28-2)26-14-18(24-25-26)17-6-3-4-9-21(17)29-16-12-10-15(23)11-13-16/h3-14H,23H2,1-2H3. The molecule has 1 aromatic heterocycles. The van der Waals surface area contributed by atoms with E-state index in [0.717, 1.165) is 32.4 Å². The summed E-state index contributed by atoms with van der Waals surface area (Å²) in [5, 5.41) is 8.71. The van der Waals surface area contributed by atoms with Crippen molar-refractivity contribution in [1.82, 2.24) is 15.0 Å². The van der Waals surface area contributed by atoms with E-state index in [2.05, 4.69) is 16.4 Å². The molecule has 7 heteroatoms. The minimum absolute atomic E-state index is 0.607. The van der Waals surface area contributed by atoms with Crippen molar-refractivity contribution in [3.63, 3.8) is 0 Å². The molecule has 0 aliphatic carbocycles. The average Bonchev–Trinajstić information content (AvgIpc) is 3.25. The summed E-state index contributed by atoms with van der Waals surface area (Å²) < 4.78 is 12.6. The molecule has 2 N–H and O–H groups in total. The van der Waals surface area contributed by atoms with Crippen LogP contribution in [-0.4, -0.2) is 29.2 Å². The molecule has 0 unspecified atom stereocenters. The molecule has 0 fully saturated rings. The molecule has 0 saturated carbocycles. The van der Waals surface area contributed by atoms with Gasteiger partial charge in [0.2, 0.25) is 0 Å². The van der Waals surface area contributed by atoms with Gasteiger partial charge in [-0.3, -0.25) is 0 Å². The number of benzene rings is 3. The van der Waals surface area contributed by atoms with Gasteiger partial charge < -0.3 is 15.2 Å². The lowest BCUT2D eigenvalue weighted by atomic mass is 10.2. The van der Waals surface area contributed by atoms with Crippen molar-refractivity contribution >= 4 is 17.4 Å². The lowest BCUT2D eigenvalue weighted by Gasteiger charge is -2.11. The van der Waals surface area contributed by atoms with Gasteiger partial charge in [-0.2, -0.15) is 0 Å². The van der Waals surface area contributed by atoms with Crippen molar-refractivity contribution < 1.29 is 9.47 Å². The van der Waals surface area contributed by atoms with Gasteiger partial charge in [-0.05, 0) is 42.5 Å².